The predicted molar refractivity (Wildman–Crippen MR) is 204 cm³/mol. The molecule has 2 aromatic heterocycles. The van der Waals surface area contributed by atoms with Crippen LogP contribution >= 0.6 is 0 Å². The van der Waals surface area contributed by atoms with Crippen LogP contribution in [0.15, 0.2) is 185 Å². The normalized spacial score (nSPS) is 11.7. The third kappa shape index (κ3) is 4.44. The van der Waals surface area contributed by atoms with Gasteiger partial charge in [0.15, 0.2) is 5.58 Å². The topological polar surface area (TPSA) is 29.5 Å². The van der Waals surface area contributed by atoms with Gasteiger partial charge in [0.1, 0.15) is 16.7 Å². The minimum absolute atomic E-state index is 0.861. The van der Waals surface area contributed by atoms with Gasteiger partial charge in [-0.1, -0.05) is 127 Å². The molecule has 3 heteroatoms. The van der Waals surface area contributed by atoms with E-state index in [0.717, 1.165) is 77.5 Å². The molecule has 0 fully saturated rings. The summed E-state index contributed by atoms with van der Waals surface area (Å²) in [5.74, 6) is 0. The van der Waals surface area contributed by atoms with E-state index in [4.69, 9.17) is 8.83 Å². The fourth-order valence-electron chi connectivity index (χ4n) is 7.35. The second-order valence-corrected chi connectivity index (χ2v) is 12.5. The molecule has 10 rings (SSSR count). The molecule has 0 atom stereocenters. The van der Waals surface area contributed by atoms with Crippen LogP contribution in [0.1, 0.15) is 0 Å². The molecule has 0 radical (unpaired) electrons. The van der Waals surface area contributed by atoms with Gasteiger partial charge in [-0.3, -0.25) is 0 Å². The second kappa shape index (κ2) is 11.0. The molecular formula is C46H29NO2. The summed E-state index contributed by atoms with van der Waals surface area (Å²) in [5, 5.41) is 6.76. The average Bonchev–Trinajstić information content (AvgIpc) is 3.75. The Morgan fingerprint density at radius 2 is 0.959 bits per heavy atom. The van der Waals surface area contributed by atoms with Crippen molar-refractivity contribution < 1.29 is 8.83 Å². The number of hydrogen-bond acceptors (Lipinski definition) is 3. The van der Waals surface area contributed by atoms with Crippen molar-refractivity contribution in [1.82, 2.24) is 0 Å². The highest BCUT2D eigenvalue weighted by atomic mass is 16.3. The summed E-state index contributed by atoms with van der Waals surface area (Å²) < 4.78 is 13.0. The van der Waals surface area contributed by atoms with Crippen LogP contribution < -0.4 is 4.90 Å². The van der Waals surface area contributed by atoms with Gasteiger partial charge < -0.3 is 13.7 Å². The van der Waals surface area contributed by atoms with E-state index in [-0.39, 0.29) is 0 Å². The Bertz CT molecular complexity index is 2810. The number of hydrogen-bond donors (Lipinski definition) is 0. The minimum atomic E-state index is 0.861. The van der Waals surface area contributed by atoms with Gasteiger partial charge in [0.05, 0.1) is 5.69 Å². The molecule has 2 heterocycles. The molecule has 0 unspecified atom stereocenters. The first-order chi connectivity index (χ1) is 24.3. The van der Waals surface area contributed by atoms with Gasteiger partial charge in [0.2, 0.25) is 0 Å². The number of furan rings is 2. The van der Waals surface area contributed by atoms with Gasteiger partial charge in [-0.15, -0.1) is 0 Å². The molecule has 230 valence electrons. The molecule has 0 amide bonds. The maximum Gasteiger partial charge on any atom is 0.159 e. The maximum atomic E-state index is 6.84. The van der Waals surface area contributed by atoms with Crippen LogP contribution in [0.4, 0.5) is 17.1 Å². The quantitative estimate of drug-likeness (QED) is 0.190. The third-order valence-corrected chi connectivity index (χ3v) is 9.68. The van der Waals surface area contributed by atoms with Crippen LogP contribution in [0.2, 0.25) is 0 Å². The highest BCUT2D eigenvalue weighted by Crippen LogP contribution is 2.44. The van der Waals surface area contributed by atoms with E-state index >= 15 is 0 Å². The van der Waals surface area contributed by atoms with Crippen LogP contribution in [0.3, 0.4) is 0 Å². The lowest BCUT2D eigenvalue weighted by Gasteiger charge is -2.26. The fraction of sp³-hybridized carbons (Fsp3) is 0. The molecular weight excluding hydrogens is 599 g/mol. The zero-order chi connectivity index (χ0) is 32.3. The van der Waals surface area contributed by atoms with E-state index in [1.54, 1.807) is 0 Å². The zero-order valence-electron chi connectivity index (χ0n) is 26.5. The minimum Gasteiger partial charge on any atom is -0.456 e. The molecule has 0 bridgehead atoms. The van der Waals surface area contributed by atoms with Gasteiger partial charge in [-0.25, -0.2) is 0 Å². The first kappa shape index (κ1) is 27.5. The van der Waals surface area contributed by atoms with Crippen molar-refractivity contribution in [1.29, 1.82) is 0 Å². The van der Waals surface area contributed by atoms with Crippen molar-refractivity contribution in [3.63, 3.8) is 0 Å². The Morgan fingerprint density at radius 1 is 0.347 bits per heavy atom. The summed E-state index contributed by atoms with van der Waals surface area (Å²) >= 11 is 0. The number of benzene rings is 8. The molecule has 10 aromatic rings. The third-order valence-electron chi connectivity index (χ3n) is 9.68. The molecule has 8 aromatic carbocycles. The van der Waals surface area contributed by atoms with E-state index in [2.05, 4.69) is 163 Å². The van der Waals surface area contributed by atoms with Crippen LogP contribution in [0, 0.1) is 0 Å². The lowest BCUT2D eigenvalue weighted by Crippen LogP contribution is -2.10. The molecule has 0 saturated heterocycles. The zero-order valence-corrected chi connectivity index (χ0v) is 26.5. The van der Waals surface area contributed by atoms with Crippen LogP contribution in [-0.4, -0.2) is 0 Å². The van der Waals surface area contributed by atoms with Crippen molar-refractivity contribution in [2.75, 3.05) is 4.90 Å². The standard InChI is InChI=1S/C46H29NO2/c1-2-10-30(11-3-1)31-20-25-34(26-21-31)47(41-17-8-16-38-39-29-24-32-12-4-5-13-37(32)45(39)49-46(38)41)35-27-22-33(23-28-35)36-15-9-19-43-44(36)40-14-6-7-18-42(40)48-43/h1-29H. The molecule has 0 spiro atoms. The van der Waals surface area contributed by atoms with Crippen LogP contribution in [-0.2, 0) is 0 Å². The summed E-state index contributed by atoms with van der Waals surface area (Å²) in [4.78, 5) is 2.30. The smallest absolute Gasteiger partial charge is 0.159 e. The van der Waals surface area contributed by atoms with Crippen molar-refractivity contribution in [3.05, 3.63) is 176 Å². The number of rotatable bonds is 5. The van der Waals surface area contributed by atoms with E-state index in [1.165, 1.54) is 16.5 Å². The lowest BCUT2D eigenvalue weighted by molar-refractivity contribution is 0.669. The SMILES string of the molecule is c1ccc(-c2ccc(N(c3ccc(-c4cccc5oc6ccccc6c45)cc3)c3cccc4c3oc3c5ccccc5ccc43)cc2)cc1. The first-order valence-electron chi connectivity index (χ1n) is 16.6. The molecule has 3 nitrogen and oxygen atoms in total. The van der Waals surface area contributed by atoms with E-state index in [9.17, 15) is 0 Å². The van der Waals surface area contributed by atoms with E-state index in [1.807, 2.05) is 18.2 Å². The highest BCUT2D eigenvalue weighted by Gasteiger charge is 2.21. The number of fused-ring (bicyclic) bond motifs is 8. The van der Waals surface area contributed by atoms with Gasteiger partial charge >= 0.3 is 0 Å². The number of anilines is 3. The molecule has 0 saturated carbocycles. The molecule has 0 aliphatic rings. The fourth-order valence-corrected chi connectivity index (χ4v) is 7.35. The average molecular weight is 628 g/mol. The monoisotopic (exact) mass is 627 g/mol. The molecule has 0 aliphatic heterocycles. The Balaban J connectivity index is 1.15. The van der Waals surface area contributed by atoms with Gasteiger partial charge in [0, 0.05) is 38.3 Å². The first-order valence-corrected chi connectivity index (χ1v) is 16.6. The number of para-hydroxylation sites is 2. The molecule has 49 heavy (non-hydrogen) atoms. The summed E-state index contributed by atoms with van der Waals surface area (Å²) in [7, 11) is 0. The van der Waals surface area contributed by atoms with Gasteiger partial charge in [-0.05, 0) is 76.2 Å². The van der Waals surface area contributed by atoms with E-state index in [0.29, 0.717) is 0 Å². The highest BCUT2D eigenvalue weighted by molar-refractivity contribution is 6.17. The van der Waals surface area contributed by atoms with Gasteiger partial charge in [-0.2, -0.15) is 0 Å². The molecule has 0 N–H and O–H groups in total. The van der Waals surface area contributed by atoms with Crippen LogP contribution in [0.25, 0.3) is 76.9 Å². The Kier molecular flexibility index (Phi) is 6.18. The Hall–Kier alpha value is -6.58. The predicted octanol–water partition coefficient (Wildman–Crippen LogP) is 13.4. The maximum absolute atomic E-state index is 6.84. The lowest BCUT2D eigenvalue weighted by atomic mass is 9.99. The van der Waals surface area contributed by atoms with E-state index < -0.39 is 0 Å². The molecule has 0 aliphatic carbocycles. The van der Waals surface area contributed by atoms with Gasteiger partial charge in [0.25, 0.3) is 0 Å². The largest absolute Gasteiger partial charge is 0.456 e. The van der Waals surface area contributed by atoms with Crippen LogP contribution in [0.5, 0.6) is 0 Å². The second-order valence-electron chi connectivity index (χ2n) is 12.5. The van der Waals surface area contributed by atoms with Crippen molar-refractivity contribution in [2.24, 2.45) is 0 Å². The Morgan fingerprint density at radius 3 is 1.78 bits per heavy atom. The summed E-state index contributed by atoms with van der Waals surface area (Å²) in [6.45, 7) is 0. The van der Waals surface area contributed by atoms with Crippen molar-refractivity contribution in [3.8, 4) is 22.3 Å². The Labute approximate surface area is 282 Å². The summed E-state index contributed by atoms with van der Waals surface area (Å²) in [6.07, 6.45) is 0. The van der Waals surface area contributed by atoms with Crippen molar-refractivity contribution >= 4 is 71.7 Å². The summed E-state index contributed by atoms with van der Waals surface area (Å²) in [6, 6.07) is 61.9. The number of nitrogens with zero attached hydrogens (tertiary/aromatic N) is 1. The van der Waals surface area contributed by atoms with Crippen molar-refractivity contribution in [2.45, 2.75) is 0 Å². The summed E-state index contributed by atoms with van der Waals surface area (Å²) in [5.41, 5.74) is 11.3.